The summed E-state index contributed by atoms with van der Waals surface area (Å²) in [6.07, 6.45) is 1.36. The molecule has 7 heteroatoms. The fraction of sp³-hybridized carbons (Fsp3) is 0.214. The number of amides is 1. The van der Waals surface area contributed by atoms with Crippen LogP contribution in [-0.2, 0) is 11.3 Å². The third-order valence-electron chi connectivity index (χ3n) is 2.93. The molecule has 0 spiro atoms. The van der Waals surface area contributed by atoms with Gasteiger partial charge in [-0.2, -0.15) is 5.10 Å². The van der Waals surface area contributed by atoms with Gasteiger partial charge in [-0.05, 0) is 30.7 Å². The van der Waals surface area contributed by atoms with Gasteiger partial charge in [0.15, 0.2) is 0 Å². The Morgan fingerprint density at radius 1 is 1.38 bits per heavy atom. The number of hydrogen-bond donors (Lipinski definition) is 2. The lowest BCUT2D eigenvalue weighted by Crippen LogP contribution is -2.19. The van der Waals surface area contributed by atoms with Crippen LogP contribution >= 0.6 is 11.6 Å². The highest BCUT2D eigenvalue weighted by molar-refractivity contribution is 6.31. The van der Waals surface area contributed by atoms with Gasteiger partial charge in [0.2, 0.25) is 0 Å². The van der Waals surface area contributed by atoms with Gasteiger partial charge in [0.1, 0.15) is 5.69 Å². The first-order chi connectivity index (χ1) is 9.97. The van der Waals surface area contributed by atoms with E-state index in [9.17, 15) is 9.59 Å². The SMILES string of the molecule is Cc1ccc(Cl)cc1NC(=O)c1ccnn1CCC(=O)O. The fourth-order valence-electron chi connectivity index (χ4n) is 1.82. The van der Waals surface area contributed by atoms with E-state index in [0.29, 0.717) is 16.4 Å². The highest BCUT2D eigenvalue weighted by Gasteiger charge is 2.14. The molecule has 1 amide bonds. The van der Waals surface area contributed by atoms with Crippen LogP contribution in [-0.4, -0.2) is 26.8 Å². The van der Waals surface area contributed by atoms with E-state index in [1.165, 1.54) is 16.9 Å². The molecule has 0 saturated heterocycles. The molecule has 0 saturated carbocycles. The number of hydrogen-bond acceptors (Lipinski definition) is 3. The molecule has 2 aromatic rings. The van der Waals surface area contributed by atoms with Crippen LogP contribution in [0.3, 0.4) is 0 Å². The number of nitrogens with zero attached hydrogens (tertiary/aromatic N) is 2. The van der Waals surface area contributed by atoms with Crippen molar-refractivity contribution < 1.29 is 14.7 Å². The van der Waals surface area contributed by atoms with Gasteiger partial charge in [-0.1, -0.05) is 17.7 Å². The largest absolute Gasteiger partial charge is 0.481 e. The number of rotatable bonds is 5. The molecule has 1 heterocycles. The number of carboxylic acid groups (broad SMARTS) is 1. The quantitative estimate of drug-likeness (QED) is 0.889. The molecule has 0 fully saturated rings. The molecular weight excluding hydrogens is 294 g/mol. The molecule has 0 radical (unpaired) electrons. The normalized spacial score (nSPS) is 10.4. The van der Waals surface area contributed by atoms with Crippen LogP contribution in [0.15, 0.2) is 30.5 Å². The van der Waals surface area contributed by atoms with Crippen molar-refractivity contribution in [3.05, 3.63) is 46.7 Å². The number of aliphatic carboxylic acids is 1. The van der Waals surface area contributed by atoms with Crippen molar-refractivity contribution in [3.8, 4) is 0 Å². The summed E-state index contributed by atoms with van der Waals surface area (Å²) in [5.74, 6) is -1.30. The van der Waals surface area contributed by atoms with Gasteiger partial charge in [0.25, 0.3) is 5.91 Å². The molecule has 0 bridgehead atoms. The minimum Gasteiger partial charge on any atom is -0.481 e. The number of benzene rings is 1. The molecule has 6 nitrogen and oxygen atoms in total. The van der Waals surface area contributed by atoms with Crippen LogP contribution < -0.4 is 5.32 Å². The predicted molar refractivity (Wildman–Crippen MR) is 78.6 cm³/mol. The molecule has 1 aromatic carbocycles. The van der Waals surface area contributed by atoms with Crippen molar-refractivity contribution in [2.24, 2.45) is 0 Å². The number of halogens is 1. The molecule has 2 N–H and O–H groups in total. The van der Waals surface area contributed by atoms with E-state index in [4.69, 9.17) is 16.7 Å². The average molecular weight is 308 g/mol. The zero-order valence-electron chi connectivity index (χ0n) is 11.3. The van der Waals surface area contributed by atoms with Crippen molar-refractivity contribution in [3.63, 3.8) is 0 Å². The number of carboxylic acids is 1. The second kappa shape index (κ2) is 6.41. The summed E-state index contributed by atoms with van der Waals surface area (Å²) in [4.78, 5) is 22.8. The molecule has 0 aliphatic heterocycles. The van der Waals surface area contributed by atoms with Crippen LogP contribution in [0, 0.1) is 6.92 Å². The van der Waals surface area contributed by atoms with Crippen LogP contribution in [0.4, 0.5) is 5.69 Å². The van der Waals surface area contributed by atoms with E-state index in [1.807, 2.05) is 6.92 Å². The summed E-state index contributed by atoms with van der Waals surface area (Å²) in [7, 11) is 0. The van der Waals surface area contributed by atoms with E-state index in [0.717, 1.165) is 5.56 Å². The molecule has 0 unspecified atom stereocenters. The van der Waals surface area contributed by atoms with Crippen LogP contribution in [0.1, 0.15) is 22.5 Å². The number of carbonyl (C=O) groups is 2. The Kier molecular flexibility index (Phi) is 4.59. The Labute approximate surface area is 126 Å². The smallest absolute Gasteiger partial charge is 0.305 e. The lowest BCUT2D eigenvalue weighted by Gasteiger charge is -2.10. The Balaban J connectivity index is 2.15. The molecule has 0 atom stereocenters. The van der Waals surface area contributed by atoms with Gasteiger partial charge in [-0.15, -0.1) is 0 Å². The summed E-state index contributed by atoms with van der Waals surface area (Å²) in [6.45, 7) is 1.99. The van der Waals surface area contributed by atoms with E-state index >= 15 is 0 Å². The van der Waals surface area contributed by atoms with Gasteiger partial charge in [0, 0.05) is 16.9 Å². The van der Waals surface area contributed by atoms with Gasteiger partial charge in [0.05, 0.1) is 13.0 Å². The average Bonchev–Trinajstić information content (AvgIpc) is 2.89. The fourth-order valence-corrected chi connectivity index (χ4v) is 1.99. The van der Waals surface area contributed by atoms with E-state index in [-0.39, 0.29) is 18.9 Å². The number of carbonyl (C=O) groups excluding carboxylic acids is 1. The van der Waals surface area contributed by atoms with Crippen LogP contribution in [0.2, 0.25) is 5.02 Å². The van der Waals surface area contributed by atoms with Crippen molar-refractivity contribution in [2.75, 3.05) is 5.32 Å². The maximum atomic E-state index is 12.2. The number of aromatic nitrogens is 2. The Hall–Kier alpha value is -2.34. The Morgan fingerprint density at radius 2 is 2.14 bits per heavy atom. The highest BCUT2D eigenvalue weighted by Crippen LogP contribution is 2.20. The van der Waals surface area contributed by atoms with Crippen LogP contribution in [0.25, 0.3) is 0 Å². The molecular formula is C14H14ClN3O3. The molecule has 110 valence electrons. The summed E-state index contributed by atoms with van der Waals surface area (Å²) in [6, 6.07) is 6.74. The van der Waals surface area contributed by atoms with Crippen LogP contribution in [0.5, 0.6) is 0 Å². The van der Waals surface area contributed by atoms with E-state index < -0.39 is 5.97 Å². The molecule has 0 aliphatic rings. The Bertz CT molecular complexity index is 682. The minimum atomic E-state index is -0.942. The van der Waals surface area contributed by atoms with Gasteiger partial charge in [-0.25, -0.2) is 0 Å². The second-order valence-electron chi connectivity index (χ2n) is 4.50. The topological polar surface area (TPSA) is 84.2 Å². The number of nitrogens with one attached hydrogen (secondary N) is 1. The summed E-state index contributed by atoms with van der Waals surface area (Å²) in [5.41, 5.74) is 1.79. The lowest BCUT2D eigenvalue weighted by molar-refractivity contribution is -0.137. The standard InChI is InChI=1S/C14H14ClN3O3/c1-9-2-3-10(15)8-11(9)17-14(21)12-4-6-16-18(12)7-5-13(19)20/h2-4,6,8H,5,7H2,1H3,(H,17,21)(H,19,20). The van der Waals surface area contributed by atoms with Crippen molar-refractivity contribution in [1.82, 2.24) is 9.78 Å². The van der Waals surface area contributed by atoms with Gasteiger partial charge in [-0.3, -0.25) is 14.3 Å². The van der Waals surface area contributed by atoms with E-state index in [2.05, 4.69) is 10.4 Å². The zero-order valence-corrected chi connectivity index (χ0v) is 12.1. The lowest BCUT2D eigenvalue weighted by atomic mass is 10.2. The molecule has 1 aromatic heterocycles. The monoisotopic (exact) mass is 307 g/mol. The molecule has 2 rings (SSSR count). The van der Waals surface area contributed by atoms with Crippen molar-refractivity contribution in [1.29, 1.82) is 0 Å². The van der Waals surface area contributed by atoms with Crippen molar-refractivity contribution >= 4 is 29.2 Å². The summed E-state index contributed by atoms with van der Waals surface area (Å²) in [5, 5.41) is 15.9. The first-order valence-corrected chi connectivity index (χ1v) is 6.66. The van der Waals surface area contributed by atoms with Gasteiger partial charge >= 0.3 is 5.97 Å². The Morgan fingerprint density at radius 3 is 2.86 bits per heavy atom. The predicted octanol–water partition coefficient (Wildman–Crippen LogP) is 2.57. The zero-order chi connectivity index (χ0) is 15.4. The third kappa shape index (κ3) is 3.82. The third-order valence-corrected chi connectivity index (χ3v) is 3.17. The van der Waals surface area contributed by atoms with Gasteiger partial charge < -0.3 is 10.4 Å². The van der Waals surface area contributed by atoms with E-state index in [1.54, 1.807) is 18.2 Å². The maximum Gasteiger partial charge on any atom is 0.305 e. The second-order valence-corrected chi connectivity index (χ2v) is 4.93. The first kappa shape index (κ1) is 15.1. The maximum absolute atomic E-state index is 12.2. The minimum absolute atomic E-state index is 0.0991. The summed E-state index contributed by atoms with van der Waals surface area (Å²) >= 11 is 5.91. The first-order valence-electron chi connectivity index (χ1n) is 6.28. The molecule has 21 heavy (non-hydrogen) atoms. The molecule has 0 aliphatic carbocycles. The highest BCUT2D eigenvalue weighted by atomic mass is 35.5. The number of aryl methyl sites for hydroxylation is 2. The van der Waals surface area contributed by atoms with Crippen molar-refractivity contribution in [2.45, 2.75) is 19.9 Å². The number of anilines is 1. The summed E-state index contributed by atoms with van der Waals surface area (Å²) < 4.78 is 1.36.